The van der Waals surface area contributed by atoms with Crippen LogP contribution in [-0.2, 0) is 0 Å². The summed E-state index contributed by atoms with van der Waals surface area (Å²) in [7, 11) is 0. The molecule has 0 aliphatic carbocycles. The van der Waals surface area contributed by atoms with Gasteiger partial charge < -0.3 is 14.0 Å². The summed E-state index contributed by atoms with van der Waals surface area (Å²) in [6.45, 7) is 0. The molecule has 1 radical (unpaired) electrons. The van der Waals surface area contributed by atoms with Gasteiger partial charge >= 0.3 is 40.8 Å². The minimum absolute atomic E-state index is 0. The second kappa shape index (κ2) is 92.6. The van der Waals surface area contributed by atoms with Crippen LogP contribution in [-0.4, -0.2) is 0 Å². The molecule has 0 aromatic carbocycles. The Morgan fingerprint density at radius 3 is 0.571 bits per heavy atom. The quantitative estimate of drug-likeness (QED) is 0.547. The largest absolute Gasteiger partial charge is 3.00 e. The van der Waals surface area contributed by atoms with Crippen molar-refractivity contribution in [3.05, 3.63) is 0 Å². The van der Waals surface area contributed by atoms with Crippen molar-refractivity contribution in [2.75, 3.05) is 0 Å². The average molecular weight is 299 g/mol. The molecule has 0 spiro atoms. The van der Waals surface area contributed by atoms with Crippen molar-refractivity contribution in [1.82, 2.24) is 0 Å². The summed E-state index contributed by atoms with van der Waals surface area (Å²) in [5.41, 5.74) is 0. The zero-order chi connectivity index (χ0) is 6.00. The van der Waals surface area contributed by atoms with E-state index in [9.17, 15) is 0 Å². The van der Waals surface area contributed by atoms with Crippen molar-refractivity contribution in [3.63, 3.8) is 0 Å². The van der Waals surface area contributed by atoms with Gasteiger partial charge in [0.25, 0.3) is 0 Å². The van der Waals surface area contributed by atoms with E-state index in [-0.39, 0.29) is 40.8 Å². The summed E-state index contributed by atoms with van der Waals surface area (Å²) >= 11 is 10.2. The first-order valence-electron chi connectivity index (χ1n) is 0.463. The van der Waals surface area contributed by atoms with Crippen LogP contribution in [0.2, 0.25) is 0 Å². The maximum atomic E-state index is 7.72. The van der Waals surface area contributed by atoms with Crippen LogP contribution in [0.3, 0.4) is 0 Å². The van der Waals surface area contributed by atoms with Crippen molar-refractivity contribution >= 4 is 35.6 Å². The predicted molar refractivity (Wildman–Crippen MR) is 17.6 cm³/mol. The van der Waals surface area contributed by atoms with Gasteiger partial charge in [-0.05, 0) is 0 Å². The van der Waals surface area contributed by atoms with Gasteiger partial charge in [0.05, 0.1) is 0 Å². The van der Waals surface area contributed by atoms with Crippen molar-refractivity contribution < 1.29 is 54.8 Å². The molecule has 0 aromatic rings. The van der Waals surface area contributed by atoms with Crippen molar-refractivity contribution in [2.45, 2.75) is 0 Å². The molecule has 0 saturated heterocycles. The first-order chi connectivity index (χ1) is 3.00. The van der Waals surface area contributed by atoms with Gasteiger partial charge in [0.15, 0.2) is 0 Å². The normalized spacial score (nSPS) is 2.57. The summed E-state index contributed by atoms with van der Waals surface area (Å²) in [6, 6.07) is 0. The molecule has 7 heavy (non-hydrogen) atoms. The van der Waals surface area contributed by atoms with E-state index in [2.05, 4.69) is 35.6 Å². The summed E-state index contributed by atoms with van der Waals surface area (Å²) in [4.78, 5) is 0. The maximum absolute atomic E-state index is 7.72. The van der Waals surface area contributed by atoms with Crippen molar-refractivity contribution in [2.24, 2.45) is 0 Å². The molecule has 0 bridgehead atoms. The Morgan fingerprint density at radius 1 is 0.571 bits per heavy atom. The maximum Gasteiger partial charge on any atom is 3.00 e. The Morgan fingerprint density at radius 2 is 0.571 bits per heavy atom. The third-order valence-electron chi connectivity index (χ3n) is 0. The smallest absolute Gasteiger partial charge is 0.769 e. The summed E-state index contributed by atoms with van der Waals surface area (Å²) < 4.78 is 23.2. The van der Waals surface area contributed by atoms with E-state index < -0.39 is 0 Å². The Labute approximate surface area is 89.2 Å². The molecule has 43 valence electrons. The van der Waals surface area contributed by atoms with E-state index in [0.717, 1.165) is 0 Å². The van der Waals surface area contributed by atoms with Gasteiger partial charge in [-0.15, -0.1) is 0 Å². The van der Waals surface area contributed by atoms with Gasteiger partial charge in [-0.2, -0.15) is 0 Å². The predicted octanol–water partition coefficient (Wildman–Crippen LogP) is -1.50. The molecule has 0 rings (SSSR count). The van der Waals surface area contributed by atoms with Gasteiger partial charge in [0.2, 0.25) is 0 Å². The molecule has 0 atom stereocenters. The molecule has 3 nitrogen and oxygen atoms in total. The standard InChI is InChI=1S/3ClO.Nd/c3*1-2;/q3*-1;+3. The van der Waals surface area contributed by atoms with Gasteiger partial charge in [-0.25, -0.2) is 35.6 Å². The molecular formula is Cl3NdO3. The zero-order valence-electron chi connectivity index (χ0n) is 2.86. The molecular weight excluding hydrogens is 299 g/mol. The summed E-state index contributed by atoms with van der Waals surface area (Å²) in [5.74, 6) is 0. The fraction of sp³-hybridized carbons (Fsp3) is 0. The Hall–Kier alpha value is 2.10. The van der Waals surface area contributed by atoms with E-state index in [0.29, 0.717) is 0 Å². The number of halogens is 3. The first kappa shape index (κ1) is 23.0. The van der Waals surface area contributed by atoms with Crippen LogP contribution in [0.4, 0.5) is 0 Å². The molecule has 0 aliphatic heterocycles. The molecule has 0 amide bonds. The monoisotopic (exact) mass is 295 g/mol. The molecule has 0 N–H and O–H groups in total. The summed E-state index contributed by atoms with van der Waals surface area (Å²) in [6.07, 6.45) is 0. The number of rotatable bonds is 0. The fourth-order valence-corrected chi connectivity index (χ4v) is 0. The Kier molecular flexibility index (Phi) is 304. The number of hydrogen-bond acceptors (Lipinski definition) is 3. The van der Waals surface area contributed by atoms with Crippen LogP contribution < -0.4 is 14.0 Å². The van der Waals surface area contributed by atoms with Crippen LogP contribution in [0.15, 0.2) is 0 Å². The number of hydrogen-bond donors (Lipinski definition) is 0. The molecule has 0 aromatic heterocycles. The van der Waals surface area contributed by atoms with E-state index >= 15 is 0 Å². The fourth-order valence-electron chi connectivity index (χ4n) is 0. The van der Waals surface area contributed by atoms with Gasteiger partial charge in [-0.1, -0.05) is 0 Å². The summed E-state index contributed by atoms with van der Waals surface area (Å²) in [5, 5.41) is 0. The van der Waals surface area contributed by atoms with E-state index in [1.165, 1.54) is 0 Å². The van der Waals surface area contributed by atoms with E-state index in [4.69, 9.17) is 14.0 Å². The topological polar surface area (TPSA) is 69.2 Å². The molecule has 0 fully saturated rings. The molecule has 0 heterocycles. The Bertz CT molecular complexity index is 10.1. The van der Waals surface area contributed by atoms with Crippen LogP contribution in [0.1, 0.15) is 0 Å². The van der Waals surface area contributed by atoms with Gasteiger partial charge in [0.1, 0.15) is 0 Å². The molecule has 0 aliphatic rings. The van der Waals surface area contributed by atoms with Crippen molar-refractivity contribution in [1.29, 1.82) is 0 Å². The average Bonchev–Trinajstić information content (AvgIpc) is 1.81. The van der Waals surface area contributed by atoms with Gasteiger partial charge in [0, 0.05) is 0 Å². The minimum atomic E-state index is 0. The van der Waals surface area contributed by atoms with E-state index in [1.54, 1.807) is 0 Å². The van der Waals surface area contributed by atoms with Crippen LogP contribution >= 0.6 is 35.6 Å². The van der Waals surface area contributed by atoms with Crippen LogP contribution in [0.25, 0.3) is 0 Å². The SMILES string of the molecule is [Nd+3].[O-]Cl.[O-]Cl.[O-]Cl. The third-order valence-corrected chi connectivity index (χ3v) is 0. The Balaban J connectivity index is -0.00000000900. The van der Waals surface area contributed by atoms with Crippen molar-refractivity contribution in [3.8, 4) is 0 Å². The van der Waals surface area contributed by atoms with Gasteiger partial charge in [-0.3, -0.25) is 0 Å². The molecule has 0 unspecified atom stereocenters. The zero-order valence-corrected chi connectivity index (χ0v) is 8.33. The second-order valence-corrected chi connectivity index (χ2v) is 0. The van der Waals surface area contributed by atoms with E-state index in [1.807, 2.05) is 0 Å². The molecule has 0 saturated carbocycles. The minimum Gasteiger partial charge on any atom is -0.769 e. The van der Waals surface area contributed by atoms with Crippen LogP contribution in [0, 0.1) is 40.8 Å². The van der Waals surface area contributed by atoms with Crippen LogP contribution in [0.5, 0.6) is 0 Å². The third kappa shape index (κ3) is 68.3. The molecule has 7 heteroatoms. The first-order valence-corrected chi connectivity index (χ1v) is 1.39. The second-order valence-electron chi connectivity index (χ2n) is 0.